The van der Waals surface area contributed by atoms with E-state index in [1.165, 1.54) is 37.8 Å². The van der Waals surface area contributed by atoms with Crippen molar-refractivity contribution in [2.24, 2.45) is 7.05 Å². The molecule has 0 bridgehead atoms. The summed E-state index contributed by atoms with van der Waals surface area (Å²) in [5.74, 6) is 0. The zero-order valence-electron chi connectivity index (χ0n) is 11.9. The molecule has 2 aliphatic rings. The summed E-state index contributed by atoms with van der Waals surface area (Å²) in [5.41, 5.74) is 2.77. The first-order valence-corrected chi connectivity index (χ1v) is 7.52. The van der Waals surface area contributed by atoms with Crippen LogP contribution in [0.5, 0.6) is 0 Å². The molecule has 3 heterocycles. The lowest BCUT2D eigenvalue weighted by atomic mass is 9.70. The minimum Gasteiger partial charge on any atom is -0.327 e. The zero-order valence-corrected chi connectivity index (χ0v) is 11.9. The summed E-state index contributed by atoms with van der Waals surface area (Å²) in [6, 6.07) is 0.564. The van der Waals surface area contributed by atoms with Crippen LogP contribution in [0.15, 0.2) is 24.9 Å². The molecule has 0 amide bonds. The molecular weight excluding hydrogens is 250 g/mol. The van der Waals surface area contributed by atoms with Gasteiger partial charge in [-0.1, -0.05) is 0 Å². The van der Waals surface area contributed by atoms with Gasteiger partial charge < -0.3 is 9.88 Å². The number of hydrogen-bond donors (Lipinski definition) is 1. The second kappa shape index (κ2) is 4.45. The van der Waals surface area contributed by atoms with Crippen LogP contribution in [0.1, 0.15) is 38.1 Å². The molecule has 1 spiro atoms. The molecule has 1 atom stereocenters. The highest BCUT2D eigenvalue weighted by Gasteiger charge is 2.41. The Morgan fingerprint density at radius 2 is 2.25 bits per heavy atom. The number of nitrogens with zero attached hydrogens (tertiary/aromatic N) is 4. The van der Waals surface area contributed by atoms with Gasteiger partial charge in [0.05, 0.1) is 24.4 Å². The highest BCUT2D eigenvalue weighted by molar-refractivity contribution is 5.56. The third-order valence-corrected chi connectivity index (χ3v) is 4.97. The van der Waals surface area contributed by atoms with Gasteiger partial charge in [0.25, 0.3) is 0 Å². The minimum atomic E-state index is 0.416. The minimum absolute atomic E-state index is 0.416. The molecule has 5 nitrogen and oxygen atoms in total. The maximum atomic E-state index is 4.38. The molecule has 1 N–H and O–H groups in total. The highest BCUT2D eigenvalue weighted by atomic mass is 15.2. The van der Waals surface area contributed by atoms with Crippen LogP contribution in [-0.2, 0) is 7.05 Å². The first-order valence-electron chi connectivity index (χ1n) is 7.52. The molecule has 1 saturated carbocycles. The van der Waals surface area contributed by atoms with Gasteiger partial charge in [0.1, 0.15) is 0 Å². The topological polar surface area (TPSA) is 47.7 Å². The van der Waals surface area contributed by atoms with Gasteiger partial charge in [-0.25, -0.2) is 4.98 Å². The summed E-state index contributed by atoms with van der Waals surface area (Å²) in [4.78, 5) is 4.38. The van der Waals surface area contributed by atoms with E-state index in [1.54, 1.807) is 0 Å². The van der Waals surface area contributed by atoms with Crippen LogP contribution in [-0.4, -0.2) is 31.4 Å². The molecule has 1 unspecified atom stereocenters. The van der Waals surface area contributed by atoms with Gasteiger partial charge >= 0.3 is 0 Å². The van der Waals surface area contributed by atoms with Crippen molar-refractivity contribution >= 4 is 0 Å². The average Bonchev–Trinajstić information content (AvgIpc) is 3.05. The second-order valence-electron chi connectivity index (χ2n) is 6.30. The van der Waals surface area contributed by atoms with E-state index in [0.717, 1.165) is 12.1 Å². The Morgan fingerprint density at radius 1 is 1.35 bits per heavy atom. The molecule has 2 fully saturated rings. The number of aromatic nitrogens is 4. The fourth-order valence-electron chi connectivity index (χ4n) is 3.72. The van der Waals surface area contributed by atoms with Gasteiger partial charge in [0.2, 0.25) is 0 Å². The molecule has 0 radical (unpaired) electrons. The molecular formula is C15H21N5. The Hall–Kier alpha value is -1.62. The van der Waals surface area contributed by atoms with E-state index in [4.69, 9.17) is 0 Å². The predicted octanol–water partition coefficient (Wildman–Crippen LogP) is 2.13. The first-order chi connectivity index (χ1) is 9.76. The molecule has 1 aliphatic carbocycles. The predicted molar refractivity (Wildman–Crippen MR) is 77.3 cm³/mol. The van der Waals surface area contributed by atoms with Gasteiger partial charge in [-0.15, -0.1) is 0 Å². The Morgan fingerprint density at radius 3 is 2.95 bits per heavy atom. The summed E-state index contributed by atoms with van der Waals surface area (Å²) in [7, 11) is 1.96. The third kappa shape index (κ3) is 1.88. The van der Waals surface area contributed by atoms with Crippen LogP contribution in [0.3, 0.4) is 0 Å². The Kier molecular flexibility index (Phi) is 2.70. The standard InChI is InChI=1S/C15H21N5/c1-19-10-12(8-18-19)14-9-16-11-20(14)13-3-6-17-15(7-13)4-2-5-15/h8-11,13,17H,2-7H2,1H3. The first kappa shape index (κ1) is 12.1. The van der Waals surface area contributed by atoms with Crippen molar-refractivity contribution in [2.75, 3.05) is 6.54 Å². The molecule has 2 aromatic rings. The molecule has 0 aromatic carbocycles. The van der Waals surface area contributed by atoms with Crippen LogP contribution in [0.2, 0.25) is 0 Å². The lowest BCUT2D eigenvalue weighted by molar-refractivity contribution is 0.110. The van der Waals surface area contributed by atoms with Gasteiger partial charge in [-0.2, -0.15) is 5.10 Å². The van der Waals surface area contributed by atoms with E-state index in [9.17, 15) is 0 Å². The van der Waals surface area contributed by atoms with E-state index in [1.807, 2.05) is 30.5 Å². The van der Waals surface area contributed by atoms with Crippen molar-refractivity contribution < 1.29 is 0 Å². The van der Waals surface area contributed by atoms with Crippen molar-refractivity contribution in [3.05, 3.63) is 24.9 Å². The molecule has 1 saturated heterocycles. The largest absolute Gasteiger partial charge is 0.327 e. The monoisotopic (exact) mass is 271 g/mol. The van der Waals surface area contributed by atoms with Crippen molar-refractivity contribution in [1.82, 2.24) is 24.6 Å². The van der Waals surface area contributed by atoms with E-state index in [0.29, 0.717) is 11.6 Å². The normalized spacial score (nSPS) is 24.8. The smallest absolute Gasteiger partial charge is 0.0953 e. The van der Waals surface area contributed by atoms with Crippen LogP contribution >= 0.6 is 0 Å². The summed E-state index contributed by atoms with van der Waals surface area (Å²) < 4.78 is 4.21. The van der Waals surface area contributed by atoms with Gasteiger partial charge in [0.15, 0.2) is 0 Å². The van der Waals surface area contributed by atoms with Crippen LogP contribution in [0.4, 0.5) is 0 Å². The maximum absolute atomic E-state index is 4.38. The number of rotatable bonds is 2. The highest BCUT2D eigenvalue weighted by Crippen LogP contribution is 2.42. The average molecular weight is 271 g/mol. The van der Waals surface area contributed by atoms with Crippen molar-refractivity contribution in [2.45, 2.75) is 43.7 Å². The van der Waals surface area contributed by atoms with Crippen molar-refractivity contribution in [1.29, 1.82) is 0 Å². The van der Waals surface area contributed by atoms with E-state index in [2.05, 4.69) is 26.2 Å². The molecule has 20 heavy (non-hydrogen) atoms. The van der Waals surface area contributed by atoms with Gasteiger partial charge in [-0.05, 0) is 38.6 Å². The number of imidazole rings is 1. The summed E-state index contributed by atoms with van der Waals surface area (Å²) in [5, 5.41) is 8.02. The number of aryl methyl sites for hydroxylation is 1. The summed E-state index contributed by atoms with van der Waals surface area (Å²) >= 11 is 0. The van der Waals surface area contributed by atoms with E-state index >= 15 is 0 Å². The molecule has 5 heteroatoms. The van der Waals surface area contributed by atoms with Gasteiger partial charge in [-0.3, -0.25) is 4.68 Å². The molecule has 4 rings (SSSR count). The quantitative estimate of drug-likeness (QED) is 0.910. The third-order valence-electron chi connectivity index (χ3n) is 4.97. The second-order valence-corrected chi connectivity index (χ2v) is 6.30. The maximum Gasteiger partial charge on any atom is 0.0953 e. The van der Waals surface area contributed by atoms with Gasteiger partial charge in [0, 0.05) is 30.4 Å². The SMILES string of the molecule is Cn1cc(-c2cncn2C2CCNC3(CCC3)C2)cn1. The van der Waals surface area contributed by atoms with Crippen LogP contribution in [0, 0.1) is 0 Å². The van der Waals surface area contributed by atoms with E-state index in [-0.39, 0.29) is 0 Å². The lowest BCUT2D eigenvalue weighted by Gasteiger charge is -2.48. The molecule has 1 aliphatic heterocycles. The zero-order chi connectivity index (χ0) is 13.6. The summed E-state index contributed by atoms with van der Waals surface area (Å²) in [6.45, 7) is 1.12. The fourth-order valence-corrected chi connectivity index (χ4v) is 3.72. The fraction of sp³-hybridized carbons (Fsp3) is 0.600. The van der Waals surface area contributed by atoms with Crippen LogP contribution < -0.4 is 5.32 Å². The Bertz CT molecular complexity index is 607. The van der Waals surface area contributed by atoms with Crippen molar-refractivity contribution in [3.8, 4) is 11.3 Å². The van der Waals surface area contributed by atoms with E-state index < -0.39 is 0 Å². The Labute approximate surface area is 119 Å². The number of piperidine rings is 1. The number of nitrogens with one attached hydrogen (secondary N) is 1. The Balaban J connectivity index is 1.64. The van der Waals surface area contributed by atoms with Crippen LogP contribution in [0.25, 0.3) is 11.3 Å². The number of hydrogen-bond acceptors (Lipinski definition) is 3. The summed E-state index contributed by atoms with van der Waals surface area (Å²) in [6.07, 6.45) is 14.4. The lowest BCUT2D eigenvalue weighted by Crippen LogP contribution is -2.55. The van der Waals surface area contributed by atoms with Crippen molar-refractivity contribution in [3.63, 3.8) is 0 Å². The molecule has 106 valence electrons. The molecule has 2 aromatic heterocycles.